The summed E-state index contributed by atoms with van der Waals surface area (Å²) in [5.74, 6) is 1.15. The molecule has 0 atom stereocenters. The Kier molecular flexibility index (Phi) is 9.43. The summed E-state index contributed by atoms with van der Waals surface area (Å²) in [6.07, 6.45) is 4.28. The average molecular weight is 714 g/mol. The Labute approximate surface area is 281 Å². The third-order valence-corrected chi connectivity index (χ3v) is 11.3. The Balaban J connectivity index is 1.40. The van der Waals surface area contributed by atoms with Gasteiger partial charge in [0.25, 0.3) is 25.2 Å². The molecule has 3 heterocycles. The van der Waals surface area contributed by atoms with Gasteiger partial charge in [0.15, 0.2) is 12.3 Å². The van der Waals surface area contributed by atoms with Crippen molar-refractivity contribution in [2.45, 2.75) is 26.3 Å². The Morgan fingerprint density at radius 3 is 2.45 bits per heavy atom. The van der Waals surface area contributed by atoms with Crippen LogP contribution in [0.5, 0.6) is 11.5 Å². The Bertz CT molecular complexity index is 2240. The number of allylic oxidation sites excluding steroid dienone is 2. The van der Waals surface area contributed by atoms with Crippen LogP contribution in [0.3, 0.4) is 0 Å². The highest BCUT2D eigenvalue weighted by Gasteiger charge is 2.28. The molecule has 5 aromatic rings. The molecular formula is C33H33N2O8S4+. The molecule has 6 rings (SSSR count). The summed E-state index contributed by atoms with van der Waals surface area (Å²) < 4.78 is 80.9. The highest BCUT2D eigenvalue weighted by Crippen LogP contribution is 2.42. The van der Waals surface area contributed by atoms with Crippen molar-refractivity contribution in [1.82, 2.24) is 0 Å². The van der Waals surface area contributed by atoms with Crippen LogP contribution in [0.1, 0.15) is 24.8 Å². The topological polar surface area (TPSA) is 134 Å². The monoisotopic (exact) mass is 713 g/mol. The third-order valence-electron chi connectivity index (χ3n) is 7.72. The van der Waals surface area contributed by atoms with Gasteiger partial charge in [0.1, 0.15) is 15.1 Å². The van der Waals surface area contributed by atoms with Crippen LogP contribution < -0.4 is 18.9 Å². The van der Waals surface area contributed by atoms with Gasteiger partial charge < -0.3 is 14.4 Å². The number of aryl methyl sites for hydroxylation is 1. The number of nitrogens with zero attached hydrogens (tertiary/aromatic N) is 2. The summed E-state index contributed by atoms with van der Waals surface area (Å²) in [4.78, 5) is 1.91. The van der Waals surface area contributed by atoms with Crippen LogP contribution in [0.2, 0.25) is 0 Å². The molecule has 3 aromatic carbocycles. The molecule has 0 fully saturated rings. The van der Waals surface area contributed by atoms with E-state index in [0.29, 0.717) is 24.7 Å². The molecule has 0 unspecified atom stereocenters. The lowest BCUT2D eigenvalue weighted by molar-refractivity contribution is -0.667. The molecular weight excluding hydrogens is 681 g/mol. The van der Waals surface area contributed by atoms with Crippen molar-refractivity contribution < 1.29 is 40.0 Å². The molecule has 1 aliphatic heterocycles. The van der Waals surface area contributed by atoms with Gasteiger partial charge >= 0.3 is 0 Å². The summed E-state index contributed by atoms with van der Waals surface area (Å²) >= 11 is 3.12. The summed E-state index contributed by atoms with van der Waals surface area (Å²) in [6, 6.07) is 19.8. The first-order valence-electron chi connectivity index (χ1n) is 14.8. The molecule has 0 aliphatic carbocycles. The quantitative estimate of drug-likeness (QED) is 0.106. The number of anilines is 1. The second-order valence-corrected chi connectivity index (χ2v) is 16.3. The third kappa shape index (κ3) is 7.53. The van der Waals surface area contributed by atoms with Crippen LogP contribution in [0.15, 0.2) is 83.6 Å². The van der Waals surface area contributed by atoms with Gasteiger partial charge in [-0.15, -0.1) is 11.3 Å². The van der Waals surface area contributed by atoms with E-state index in [0.717, 1.165) is 53.4 Å². The molecule has 1 aliphatic rings. The molecule has 0 bridgehead atoms. The highest BCUT2D eigenvalue weighted by molar-refractivity contribution is 7.86. The number of hydrogen-bond acceptors (Lipinski definition) is 9. The van der Waals surface area contributed by atoms with Gasteiger partial charge in [0, 0.05) is 36.6 Å². The van der Waals surface area contributed by atoms with E-state index >= 15 is 0 Å². The lowest BCUT2D eigenvalue weighted by Crippen LogP contribution is -2.36. The smallest absolute Gasteiger partial charge is 0.265 e. The standard InChI is InChI=1S/C33H32N2O8S4/c1-22(19-31-35(14-7-17-47(39,40)41)32-29(45-31)21-28(42-2)25-12-15-44-33(25)32)18-30-34(13-6-16-46(36,37)38)26-20-24(10-11-27(26)43-30)23-8-4-3-5-9-23/h3-5,8-12,15,18-21H,6-7,13-14,16-17H2,1-2H3,(H-,36,37,38,39,40,41)/p+1. The highest BCUT2D eigenvalue weighted by atomic mass is 32.2. The van der Waals surface area contributed by atoms with E-state index in [1.165, 1.54) is 0 Å². The number of fused-ring (bicyclic) bond motifs is 4. The predicted molar refractivity (Wildman–Crippen MR) is 188 cm³/mol. The Morgan fingerprint density at radius 2 is 1.72 bits per heavy atom. The van der Waals surface area contributed by atoms with E-state index < -0.39 is 20.2 Å². The minimum Gasteiger partial charge on any atom is -0.496 e. The van der Waals surface area contributed by atoms with Crippen molar-refractivity contribution in [2.75, 3.05) is 30.1 Å². The Morgan fingerprint density at radius 1 is 0.979 bits per heavy atom. The van der Waals surface area contributed by atoms with Crippen LogP contribution in [0.4, 0.5) is 5.69 Å². The van der Waals surface area contributed by atoms with Crippen molar-refractivity contribution in [3.63, 3.8) is 0 Å². The van der Waals surface area contributed by atoms with Crippen LogP contribution in [0, 0.1) is 0 Å². The molecule has 2 N–H and O–H groups in total. The molecule has 0 radical (unpaired) electrons. The minimum absolute atomic E-state index is 0.181. The van der Waals surface area contributed by atoms with Crippen LogP contribution >= 0.6 is 22.7 Å². The normalized spacial score (nSPS) is 14.7. The van der Waals surface area contributed by atoms with Crippen LogP contribution in [-0.4, -0.2) is 51.1 Å². The first-order valence-corrected chi connectivity index (χ1v) is 19.7. The van der Waals surface area contributed by atoms with E-state index in [4.69, 9.17) is 9.47 Å². The Hall–Kier alpha value is -3.79. The molecule has 0 saturated carbocycles. The summed E-state index contributed by atoms with van der Waals surface area (Å²) in [7, 11) is -6.63. The van der Waals surface area contributed by atoms with E-state index in [-0.39, 0.29) is 24.3 Å². The van der Waals surface area contributed by atoms with Gasteiger partial charge in [-0.05, 0) is 53.6 Å². The lowest BCUT2D eigenvalue weighted by Gasteiger charge is -2.18. The van der Waals surface area contributed by atoms with Gasteiger partial charge in [0.05, 0.1) is 24.3 Å². The van der Waals surface area contributed by atoms with Crippen LogP contribution in [0.25, 0.3) is 37.5 Å². The fourth-order valence-corrected chi connectivity index (χ4v) is 8.92. The second-order valence-electron chi connectivity index (χ2n) is 11.1. The molecule has 0 spiro atoms. The van der Waals surface area contributed by atoms with Gasteiger partial charge in [-0.2, -0.15) is 21.4 Å². The van der Waals surface area contributed by atoms with Crippen LogP contribution in [-0.2, 0) is 26.8 Å². The zero-order valence-electron chi connectivity index (χ0n) is 25.6. The first-order chi connectivity index (χ1) is 22.4. The number of ether oxygens (including phenoxy) is 2. The maximum absolute atomic E-state index is 11.5. The molecule has 47 heavy (non-hydrogen) atoms. The van der Waals surface area contributed by atoms with Gasteiger partial charge in [0.2, 0.25) is 11.4 Å². The molecule has 246 valence electrons. The summed E-state index contributed by atoms with van der Waals surface area (Å²) in [6.45, 7) is 2.58. The van der Waals surface area contributed by atoms with Gasteiger partial charge in [-0.1, -0.05) is 47.7 Å². The van der Waals surface area contributed by atoms with Crippen molar-refractivity contribution in [2.24, 2.45) is 0 Å². The number of thiophene rings is 1. The molecule has 0 amide bonds. The number of hydrogen-bond donors (Lipinski definition) is 2. The number of benzene rings is 3. The molecule has 0 saturated heterocycles. The average Bonchev–Trinajstić information content (AvgIpc) is 3.72. The second kappa shape index (κ2) is 13.4. The minimum atomic E-state index is -4.14. The van der Waals surface area contributed by atoms with E-state index in [2.05, 4.69) is 4.57 Å². The van der Waals surface area contributed by atoms with Crippen molar-refractivity contribution >= 4 is 75.0 Å². The maximum atomic E-state index is 11.5. The zero-order chi connectivity index (χ0) is 33.3. The largest absolute Gasteiger partial charge is 0.496 e. The predicted octanol–water partition coefficient (Wildman–Crippen LogP) is 6.78. The lowest BCUT2D eigenvalue weighted by atomic mass is 10.0. The summed E-state index contributed by atoms with van der Waals surface area (Å²) in [5, 5.41) is 3.83. The molecule has 14 heteroatoms. The maximum Gasteiger partial charge on any atom is 0.265 e. The number of rotatable bonds is 12. The molecule has 10 nitrogen and oxygen atoms in total. The van der Waals surface area contributed by atoms with E-state index in [1.807, 2.05) is 90.0 Å². The number of thiazole rings is 1. The summed E-state index contributed by atoms with van der Waals surface area (Å²) in [5.41, 5.74) is 4.59. The van der Waals surface area contributed by atoms with Gasteiger partial charge in [-0.3, -0.25) is 9.11 Å². The zero-order valence-corrected chi connectivity index (χ0v) is 28.9. The number of aromatic nitrogens is 1. The fraction of sp³-hybridized carbons (Fsp3) is 0.242. The van der Waals surface area contributed by atoms with Crippen molar-refractivity contribution in [3.8, 4) is 22.6 Å². The first kappa shape index (κ1) is 33.1. The fourth-order valence-electron chi connectivity index (χ4n) is 5.66. The van der Waals surface area contributed by atoms with Gasteiger partial charge in [-0.25, -0.2) is 0 Å². The van der Waals surface area contributed by atoms with E-state index in [9.17, 15) is 25.9 Å². The van der Waals surface area contributed by atoms with Crippen molar-refractivity contribution in [1.29, 1.82) is 0 Å². The SMILES string of the molecule is COc1cc2sc(/C=C(C)/C=C3\Oc4ccc(-c5ccccc5)cc4N3CCCS(=O)(=O)O)[n+](CCCS(=O)(=O)O)c2c2sccc12. The molecule has 2 aromatic heterocycles. The van der Waals surface area contributed by atoms with Crippen molar-refractivity contribution in [3.05, 3.63) is 88.6 Å². The van der Waals surface area contributed by atoms with E-state index in [1.54, 1.807) is 29.8 Å². The number of methoxy groups -OCH3 is 1.